The molecule has 0 saturated carbocycles. The third kappa shape index (κ3) is 3.93. The Labute approximate surface area is 127 Å². The molecule has 1 aromatic heterocycles. The lowest BCUT2D eigenvalue weighted by atomic mass is 10.1. The van der Waals surface area contributed by atoms with Gasteiger partial charge in [0.2, 0.25) is 0 Å². The molecule has 0 spiro atoms. The normalized spacial score (nSPS) is 10.4. The van der Waals surface area contributed by atoms with Crippen molar-refractivity contribution in [3.8, 4) is 11.3 Å². The van der Waals surface area contributed by atoms with Crippen LogP contribution in [0.1, 0.15) is 0 Å². The molecule has 110 valence electrons. The first-order valence-corrected chi connectivity index (χ1v) is 6.72. The van der Waals surface area contributed by atoms with Crippen LogP contribution in [0, 0.1) is 0 Å². The summed E-state index contributed by atoms with van der Waals surface area (Å²) in [5, 5.41) is 5.99. The molecule has 0 aliphatic rings. The van der Waals surface area contributed by atoms with Crippen molar-refractivity contribution in [1.29, 1.82) is 0 Å². The highest BCUT2D eigenvalue weighted by Gasteiger charge is 2.12. The molecule has 0 fully saturated rings. The highest BCUT2D eigenvalue weighted by molar-refractivity contribution is 7.96. The van der Waals surface area contributed by atoms with Crippen molar-refractivity contribution in [1.82, 2.24) is 10.2 Å². The Bertz CT molecular complexity index is 649. The third-order valence-corrected chi connectivity index (χ3v) is 3.15. The van der Waals surface area contributed by atoms with E-state index in [4.69, 9.17) is 4.74 Å². The van der Waals surface area contributed by atoms with Crippen LogP contribution < -0.4 is 10.5 Å². The van der Waals surface area contributed by atoms with E-state index >= 15 is 0 Å². The summed E-state index contributed by atoms with van der Waals surface area (Å²) in [5.74, 6) is 0. The standard InChI is InChI=1S/C14H15N3O3S/c1-20-9-8-17(14(19)21)11-4-2-10(3-5-11)12-6-7-13(18)16-15-12/h2-7H,8-9H2,1H3,(H,16,18)(H,19,21). The van der Waals surface area contributed by atoms with Gasteiger partial charge in [0.1, 0.15) is 0 Å². The Morgan fingerprint density at radius 1 is 1.29 bits per heavy atom. The largest absolute Gasteiger partial charge is 0.383 e. The summed E-state index contributed by atoms with van der Waals surface area (Å²) in [7, 11) is 1.58. The Balaban J connectivity index is 2.22. The Morgan fingerprint density at radius 2 is 2.00 bits per heavy atom. The molecule has 0 saturated heterocycles. The van der Waals surface area contributed by atoms with Gasteiger partial charge in [0.25, 0.3) is 10.8 Å². The number of benzene rings is 1. The zero-order valence-corrected chi connectivity index (χ0v) is 12.3. The molecule has 0 bridgehead atoms. The van der Waals surface area contributed by atoms with Crippen LogP contribution in [0.4, 0.5) is 10.5 Å². The van der Waals surface area contributed by atoms with Crippen molar-refractivity contribution in [2.24, 2.45) is 0 Å². The number of aromatic nitrogens is 2. The Kier molecular flexibility index (Phi) is 5.13. The van der Waals surface area contributed by atoms with E-state index in [0.29, 0.717) is 18.8 Å². The van der Waals surface area contributed by atoms with Gasteiger partial charge >= 0.3 is 0 Å². The fourth-order valence-electron chi connectivity index (χ4n) is 1.84. The van der Waals surface area contributed by atoms with Crippen LogP contribution in [0.5, 0.6) is 0 Å². The van der Waals surface area contributed by atoms with E-state index in [1.807, 2.05) is 12.1 Å². The molecule has 6 nitrogen and oxygen atoms in total. The molecule has 0 unspecified atom stereocenters. The second-order valence-corrected chi connectivity index (χ2v) is 4.66. The number of ether oxygens (including phenoxy) is 1. The number of carbonyl (C=O) groups is 1. The molecule has 0 radical (unpaired) electrons. The molecular weight excluding hydrogens is 290 g/mol. The molecule has 1 heterocycles. The van der Waals surface area contributed by atoms with Gasteiger partial charge in [-0.05, 0) is 18.2 Å². The number of hydrogen-bond acceptors (Lipinski definition) is 4. The summed E-state index contributed by atoms with van der Waals surface area (Å²) in [5.41, 5.74) is 1.97. The topological polar surface area (TPSA) is 75.3 Å². The number of hydrogen-bond donors (Lipinski definition) is 2. The van der Waals surface area contributed by atoms with E-state index in [1.165, 1.54) is 11.0 Å². The first-order chi connectivity index (χ1) is 10.1. The molecule has 2 aromatic rings. The average Bonchev–Trinajstić information content (AvgIpc) is 2.49. The van der Waals surface area contributed by atoms with E-state index < -0.39 is 0 Å². The molecule has 0 atom stereocenters. The first-order valence-electron chi connectivity index (χ1n) is 6.27. The zero-order chi connectivity index (χ0) is 15.2. The minimum absolute atomic E-state index is 0.248. The van der Waals surface area contributed by atoms with Crippen LogP contribution >= 0.6 is 12.6 Å². The summed E-state index contributed by atoms with van der Waals surface area (Å²) in [6.45, 7) is 0.852. The zero-order valence-electron chi connectivity index (χ0n) is 11.4. The second-order valence-electron chi connectivity index (χ2n) is 4.28. The number of thiol groups is 1. The molecule has 21 heavy (non-hydrogen) atoms. The highest BCUT2D eigenvalue weighted by Crippen LogP contribution is 2.21. The lowest BCUT2D eigenvalue weighted by Crippen LogP contribution is -2.29. The van der Waals surface area contributed by atoms with E-state index in [1.54, 1.807) is 25.3 Å². The Morgan fingerprint density at radius 3 is 2.52 bits per heavy atom. The van der Waals surface area contributed by atoms with Crippen molar-refractivity contribution >= 4 is 23.6 Å². The summed E-state index contributed by atoms with van der Waals surface area (Å²) in [4.78, 5) is 24.0. The lowest BCUT2D eigenvalue weighted by Gasteiger charge is -2.20. The summed E-state index contributed by atoms with van der Waals surface area (Å²) < 4.78 is 4.98. The van der Waals surface area contributed by atoms with Gasteiger partial charge in [-0.1, -0.05) is 24.8 Å². The number of carbonyl (C=O) groups excluding carboxylic acids is 1. The fourth-order valence-corrected chi connectivity index (χ4v) is 2.05. The van der Waals surface area contributed by atoms with E-state index in [0.717, 1.165) is 11.3 Å². The van der Waals surface area contributed by atoms with Gasteiger partial charge in [-0.3, -0.25) is 9.59 Å². The van der Waals surface area contributed by atoms with Crippen molar-refractivity contribution in [2.75, 3.05) is 25.2 Å². The highest BCUT2D eigenvalue weighted by atomic mass is 32.1. The van der Waals surface area contributed by atoms with Crippen LogP contribution in [0.2, 0.25) is 0 Å². The number of nitrogens with one attached hydrogen (secondary N) is 1. The molecular formula is C14H15N3O3S. The summed E-state index contributed by atoms with van der Waals surface area (Å²) in [6.07, 6.45) is 0. The lowest BCUT2D eigenvalue weighted by molar-refractivity contribution is 0.205. The summed E-state index contributed by atoms with van der Waals surface area (Å²) >= 11 is 3.86. The van der Waals surface area contributed by atoms with Crippen molar-refractivity contribution in [2.45, 2.75) is 0 Å². The Hall–Kier alpha value is -2.12. The van der Waals surface area contributed by atoms with E-state index in [2.05, 4.69) is 22.8 Å². The number of H-pyrrole nitrogens is 1. The number of nitrogens with zero attached hydrogens (tertiary/aromatic N) is 2. The monoisotopic (exact) mass is 305 g/mol. The molecule has 7 heteroatoms. The predicted molar refractivity (Wildman–Crippen MR) is 83.9 cm³/mol. The number of rotatable bonds is 5. The number of aromatic amines is 1. The van der Waals surface area contributed by atoms with Gasteiger partial charge < -0.3 is 9.64 Å². The molecule has 1 amide bonds. The quantitative estimate of drug-likeness (QED) is 0.828. The minimum Gasteiger partial charge on any atom is -0.383 e. The number of amides is 1. The van der Waals surface area contributed by atoms with Gasteiger partial charge in [-0.25, -0.2) is 5.10 Å². The predicted octanol–water partition coefficient (Wildman–Crippen LogP) is 1.94. The van der Waals surface area contributed by atoms with Crippen LogP contribution in [0.3, 0.4) is 0 Å². The number of methoxy groups -OCH3 is 1. The van der Waals surface area contributed by atoms with Crippen molar-refractivity contribution < 1.29 is 9.53 Å². The van der Waals surface area contributed by atoms with Crippen LogP contribution in [-0.2, 0) is 4.74 Å². The minimum atomic E-state index is -0.345. The first kappa shape index (κ1) is 15.3. The SMILES string of the molecule is COCCN(C(=O)S)c1ccc(-c2ccc(=O)[nH]n2)cc1. The van der Waals surface area contributed by atoms with E-state index in [9.17, 15) is 9.59 Å². The number of anilines is 1. The van der Waals surface area contributed by atoms with Gasteiger partial charge in [0, 0.05) is 24.4 Å². The molecule has 1 aromatic carbocycles. The molecule has 2 rings (SSSR count). The van der Waals surface area contributed by atoms with Gasteiger partial charge in [0.05, 0.1) is 18.8 Å². The molecule has 1 N–H and O–H groups in total. The third-order valence-electron chi connectivity index (χ3n) is 2.90. The van der Waals surface area contributed by atoms with Crippen molar-refractivity contribution in [3.05, 3.63) is 46.8 Å². The van der Waals surface area contributed by atoms with Gasteiger partial charge in [-0.15, -0.1) is 0 Å². The van der Waals surface area contributed by atoms with Gasteiger partial charge in [-0.2, -0.15) is 5.10 Å². The maximum absolute atomic E-state index is 11.5. The second kappa shape index (κ2) is 7.05. The smallest absolute Gasteiger partial charge is 0.283 e. The fraction of sp³-hybridized carbons (Fsp3) is 0.214. The maximum Gasteiger partial charge on any atom is 0.283 e. The maximum atomic E-state index is 11.5. The van der Waals surface area contributed by atoms with Gasteiger partial charge in [0.15, 0.2) is 0 Å². The average molecular weight is 305 g/mol. The molecule has 0 aliphatic heterocycles. The van der Waals surface area contributed by atoms with Crippen LogP contribution in [0.15, 0.2) is 41.2 Å². The van der Waals surface area contributed by atoms with E-state index in [-0.39, 0.29) is 10.8 Å². The molecule has 0 aliphatic carbocycles. The van der Waals surface area contributed by atoms with Crippen LogP contribution in [-0.4, -0.2) is 35.7 Å². The van der Waals surface area contributed by atoms with Crippen LogP contribution in [0.25, 0.3) is 11.3 Å². The van der Waals surface area contributed by atoms with Crippen molar-refractivity contribution in [3.63, 3.8) is 0 Å². The summed E-state index contributed by atoms with van der Waals surface area (Å²) in [6, 6.07) is 10.3.